The van der Waals surface area contributed by atoms with Crippen molar-refractivity contribution >= 4 is 33.4 Å². The fraction of sp³-hybridized carbons (Fsp3) is 0.167. The Hall–Kier alpha value is -2.94. The number of halogens is 3. The van der Waals surface area contributed by atoms with Gasteiger partial charge in [-0.25, -0.2) is 0 Å². The highest BCUT2D eigenvalue weighted by Gasteiger charge is 2.30. The fourth-order valence-corrected chi connectivity index (χ4v) is 3.66. The molecule has 0 spiro atoms. The van der Waals surface area contributed by atoms with Crippen molar-refractivity contribution in [2.75, 3.05) is 0 Å². The predicted molar refractivity (Wildman–Crippen MR) is 93.5 cm³/mol. The molecule has 0 radical (unpaired) electrons. The number of carboxylic acid groups (broad SMARTS) is 1. The van der Waals surface area contributed by atoms with Gasteiger partial charge in [-0.2, -0.15) is 18.2 Å². The van der Waals surface area contributed by atoms with Crippen molar-refractivity contribution in [1.29, 1.82) is 0 Å². The predicted octanol–water partition coefficient (Wildman–Crippen LogP) is 3.86. The molecule has 1 aromatic heterocycles. The Bertz CT molecular complexity index is 1110. The number of aryl methyl sites for hydroxylation is 1. The first-order valence-corrected chi connectivity index (χ1v) is 8.55. The van der Waals surface area contributed by atoms with Gasteiger partial charge in [0.25, 0.3) is 5.91 Å². The number of aromatic nitrogens is 1. The van der Waals surface area contributed by atoms with Crippen LogP contribution in [0.3, 0.4) is 0 Å². The van der Waals surface area contributed by atoms with E-state index in [4.69, 9.17) is 5.11 Å². The number of fused-ring (bicyclic) bond motifs is 1. The van der Waals surface area contributed by atoms with Crippen LogP contribution in [-0.2, 0) is 17.5 Å². The lowest BCUT2D eigenvalue weighted by Crippen LogP contribution is -2.21. The molecule has 5 nitrogen and oxygen atoms in total. The number of nitrogens with zero attached hydrogens (tertiary/aromatic N) is 2. The van der Waals surface area contributed by atoms with Gasteiger partial charge >= 0.3 is 12.1 Å². The molecule has 9 heteroatoms. The van der Waals surface area contributed by atoms with Crippen molar-refractivity contribution in [3.05, 3.63) is 64.0 Å². The number of amides is 1. The summed E-state index contributed by atoms with van der Waals surface area (Å²) in [5.74, 6) is -1.99. The number of thiazole rings is 1. The summed E-state index contributed by atoms with van der Waals surface area (Å²) in [6.07, 6.45) is -4.57. The second-order valence-corrected chi connectivity index (χ2v) is 6.84. The van der Waals surface area contributed by atoms with E-state index in [1.807, 2.05) is 13.0 Å². The summed E-state index contributed by atoms with van der Waals surface area (Å²) in [5, 5.41) is 9.13. The zero-order chi connectivity index (χ0) is 19.8. The van der Waals surface area contributed by atoms with Crippen LogP contribution in [0.4, 0.5) is 13.2 Å². The normalized spacial score (nSPS) is 12.5. The molecular formula is C18H13F3N2O3S. The summed E-state index contributed by atoms with van der Waals surface area (Å²) in [6.45, 7) is 1.45. The molecule has 0 fully saturated rings. The van der Waals surface area contributed by atoms with E-state index in [-0.39, 0.29) is 10.4 Å². The quantitative estimate of drug-likeness (QED) is 0.733. The average molecular weight is 394 g/mol. The van der Waals surface area contributed by atoms with Crippen molar-refractivity contribution in [1.82, 2.24) is 4.57 Å². The third-order valence-corrected chi connectivity index (χ3v) is 4.81. The van der Waals surface area contributed by atoms with Gasteiger partial charge in [0.1, 0.15) is 6.54 Å². The van der Waals surface area contributed by atoms with E-state index in [0.717, 1.165) is 39.8 Å². The van der Waals surface area contributed by atoms with Crippen LogP contribution in [0.5, 0.6) is 0 Å². The van der Waals surface area contributed by atoms with Crippen molar-refractivity contribution in [3.63, 3.8) is 0 Å². The maximum absolute atomic E-state index is 12.8. The van der Waals surface area contributed by atoms with Gasteiger partial charge in [-0.15, -0.1) is 0 Å². The van der Waals surface area contributed by atoms with Gasteiger partial charge in [0.05, 0.1) is 15.8 Å². The monoisotopic (exact) mass is 394 g/mol. The van der Waals surface area contributed by atoms with E-state index < -0.39 is 30.2 Å². The first-order chi connectivity index (χ1) is 12.6. The maximum atomic E-state index is 12.8. The number of rotatable bonds is 3. The second-order valence-electron chi connectivity index (χ2n) is 5.83. The lowest BCUT2D eigenvalue weighted by Gasteiger charge is -2.06. The number of alkyl halides is 3. The van der Waals surface area contributed by atoms with Gasteiger partial charge < -0.3 is 9.67 Å². The van der Waals surface area contributed by atoms with E-state index in [2.05, 4.69) is 4.99 Å². The lowest BCUT2D eigenvalue weighted by atomic mass is 10.1. The van der Waals surface area contributed by atoms with E-state index in [1.54, 1.807) is 12.1 Å². The minimum Gasteiger partial charge on any atom is -0.480 e. The van der Waals surface area contributed by atoms with E-state index in [0.29, 0.717) is 5.52 Å². The Morgan fingerprint density at radius 2 is 1.93 bits per heavy atom. The van der Waals surface area contributed by atoms with Gasteiger partial charge in [0.15, 0.2) is 4.80 Å². The highest BCUT2D eigenvalue weighted by Crippen LogP contribution is 2.29. The molecule has 0 bridgehead atoms. The first kappa shape index (κ1) is 18.8. The van der Waals surface area contributed by atoms with Crippen molar-refractivity contribution in [2.24, 2.45) is 4.99 Å². The van der Waals surface area contributed by atoms with Crippen molar-refractivity contribution in [3.8, 4) is 0 Å². The van der Waals surface area contributed by atoms with E-state index in [1.165, 1.54) is 10.6 Å². The maximum Gasteiger partial charge on any atom is 0.416 e. The Balaban J connectivity index is 2.12. The first-order valence-electron chi connectivity index (χ1n) is 7.73. The average Bonchev–Trinajstić information content (AvgIpc) is 2.90. The highest BCUT2D eigenvalue weighted by atomic mass is 32.1. The molecule has 2 aromatic carbocycles. The lowest BCUT2D eigenvalue weighted by molar-refractivity contribution is -0.138. The van der Waals surface area contributed by atoms with Gasteiger partial charge in [-0.05, 0) is 42.8 Å². The SMILES string of the molecule is Cc1ccc2c(c1)s/c(=N\C(=O)c1cccc(C(F)(F)F)c1)n2CC(=O)O. The Labute approximate surface area is 155 Å². The molecule has 3 aromatic rings. The van der Waals surface area contributed by atoms with Crippen molar-refractivity contribution < 1.29 is 27.9 Å². The van der Waals surface area contributed by atoms with Crippen LogP contribution in [0.1, 0.15) is 21.5 Å². The summed E-state index contributed by atoms with van der Waals surface area (Å²) in [4.78, 5) is 27.6. The molecule has 1 amide bonds. The Morgan fingerprint density at radius 3 is 2.59 bits per heavy atom. The molecule has 1 N–H and O–H groups in total. The van der Waals surface area contributed by atoms with Gasteiger partial charge in [-0.1, -0.05) is 23.5 Å². The van der Waals surface area contributed by atoms with Crippen LogP contribution in [0, 0.1) is 6.92 Å². The van der Waals surface area contributed by atoms with E-state index in [9.17, 15) is 22.8 Å². The Kier molecular flexibility index (Phi) is 4.88. The number of carbonyl (C=O) groups excluding carboxylic acids is 1. The molecular weight excluding hydrogens is 381 g/mol. The summed E-state index contributed by atoms with van der Waals surface area (Å²) < 4.78 is 40.6. The number of carboxylic acids is 1. The molecule has 1 heterocycles. The summed E-state index contributed by atoms with van der Waals surface area (Å²) >= 11 is 1.10. The molecule has 0 aliphatic heterocycles. The molecule has 0 saturated carbocycles. The molecule has 140 valence electrons. The summed E-state index contributed by atoms with van der Waals surface area (Å²) in [5.41, 5.74) is 0.361. The smallest absolute Gasteiger partial charge is 0.416 e. The molecule has 0 atom stereocenters. The summed E-state index contributed by atoms with van der Waals surface area (Å²) in [7, 11) is 0. The third kappa shape index (κ3) is 4.08. The molecule has 0 saturated heterocycles. The van der Waals surface area contributed by atoms with Crippen molar-refractivity contribution in [2.45, 2.75) is 19.6 Å². The van der Waals surface area contributed by atoms with Crippen LogP contribution in [-0.4, -0.2) is 21.6 Å². The zero-order valence-electron chi connectivity index (χ0n) is 13.9. The molecule has 0 aliphatic carbocycles. The van der Waals surface area contributed by atoms with Gasteiger partial charge in [0, 0.05) is 5.56 Å². The Morgan fingerprint density at radius 1 is 1.19 bits per heavy atom. The standard InChI is InChI=1S/C18H13F3N2O3S/c1-10-5-6-13-14(7-10)27-17(23(13)9-15(24)25)22-16(26)11-3-2-4-12(8-11)18(19,20)21/h2-8H,9H2,1H3,(H,24,25)/b22-17-. The molecule has 0 unspecified atom stereocenters. The van der Waals surface area contributed by atoms with Gasteiger partial charge in [-0.3, -0.25) is 9.59 Å². The zero-order valence-corrected chi connectivity index (χ0v) is 14.8. The topological polar surface area (TPSA) is 71.7 Å². The minimum absolute atomic E-state index is 0.111. The minimum atomic E-state index is -4.57. The van der Waals surface area contributed by atoms with Crippen LogP contribution >= 0.6 is 11.3 Å². The van der Waals surface area contributed by atoms with Crippen LogP contribution in [0.25, 0.3) is 10.2 Å². The summed E-state index contributed by atoms with van der Waals surface area (Å²) in [6, 6.07) is 9.30. The van der Waals surface area contributed by atoms with Crippen LogP contribution in [0.15, 0.2) is 47.5 Å². The number of hydrogen-bond acceptors (Lipinski definition) is 3. The second kappa shape index (κ2) is 6.99. The number of benzene rings is 2. The molecule has 3 rings (SSSR count). The molecule has 0 aliphatic rings. The van der Waals surface area contributed by atoms with Crippen LogP contribution in [0.2, 0.25) is 0 Å². The fourth-order valence-electron chi connectivity index (χ4n) is 2.53. The number of hydrogen-bond donors (Lipinski definition) is 1. The van der Waals surface area contributed by atoms with Crippen LogP contribution < -0.4 is 4.80 Å². The third-order valence-electron chi connectivity index (χ3n) is 3.77. The molecule has 27 heavy (non-hydrogen) atoms. The largest absolute Gasteiger partial charge is 0.480 e. The highest BCUT2D eigenvalue weighted by molar-refractivity contribution is 7.16. The number of aliphatic carboxylic acids is 1. The van der Waals surface area contributed by atoms with E-state index >= 15 is 0 Å². The number of carbonyl (C=O) groups is 2. The van der Waals surface area contributed by atoms with Gasteiger partial charge in [0.2, 0.25) is 0 Å².